The van der Waals surface area contributed by atoms with Crippen molar-refractivity contribution >= 4 is 51.5 Å². The molecule has 0 saturated carbocycles. The molecule has 0 unspecified atom stereocenters. The van der Waals surface area contributed by atoms with E-state index in [0.29, 0.717) is 23.0 Å². The van der Waals surface area contributed by atoms with Crippen molar-refractivity contribution in [3.8, 4) is 0 Å². The zero-order chi connectivity index (χ0) is 18.2. The number of aryl methyl sites for hydroxylation is 1. The van der Waals surface area contributed by atoms with Crippen LogP contribution >= 0.6 is 35.3 Å². The van der Waals surface area contributed by atoms with Crippen LogP contribution in [-0.4, -0.2) is 27.8 Å². The number of aromatic nitrogens is 2. The molecule has 3 aromatic rings. The highest BCUT2D eigenvalue weighted by molar-refractivity contribution is 7.20. The van der Waals surface area contributed by atoms with Crippen LogP contribution in [0.2, 0.25) is 5.02 Å². The second-order valence-electron chi connectivity index (χ2n) is 6.87. The third-order valence-corrected chi connectivity index (χ3v) is 5.18. The van der Waals surface area contributed by atoms with Crippen LogP contribution < -0.4 is 11.1 Å². The second kappa shape index (κ2) is 7.96. The first kappa shape index (κ1) is 20.7. The number of nitrogens with two attached hydrogens (primary N) is 1. The van der Waals surface area contributed by atoms with Gasteiger partial charge in [-0.15, -0.1) is 23.7 Å². The molecule has 0 fully saturated rings. The van der Waals surface area contributed by atoms with E-state index in [-0.39, 0.29) is 18.3 Å². The number of fused-ring (bicyclic) bond motifs is 1. The van der Waals surface area contributed by atoms with Gasteiger partial charge in [-0.3, -0.25) is 9.48 Å². The molecule has 0 atom stereocenters. The first-order valence-electron chi connectivity index (χ1n) is 8.01. The lowest BCUT2D eigenvalue weighted by Gasteiger charge is -2.18. The smallest absolute Gasteiger partial charge is 0.261 e. The molecule has 1 amide bonds. The van der Waals surface area contributed by atoms with Gasteiger partial charge in [0.1, 0.15) is 4.83 Å². The number of nitrogens with one attached hydrogen (secondary N) is 1. The van der Waals surface area contributed by atoms with Gasteiger partial charge in [0.15, 0.2) is 0 Å². The molecule has 140 valence electrons. The lowest BCUT2D eigenvalue weighted by atomic mass is 10.1. The second-order valence-corrected chi connectivity index (χ2v) is 8.34. The van der Waals surface area contributed by atoms with Gasteiger partial charge in [0, 0.05) is 22.5 Å². The molecular formula is C18H22Cl2N4OS. The maximum atomic E-state index is 12.4. The molecule has 0 saturated heterocycles. The number of hydrogen-bond donors (Lipinski definition) is 2. The SMILES string of the molecule is Cc1nn(Cc2ccc(Cl)cc2)c2sc(C(=O)NCC(C)(C)N)cc12.Cl. The quantitative estimate of drug-likeness (QED) is 0.664. The van der Waals surface area contributed by atoms with Crippen LogP contribution in [0.5, 0.6) is 0 Å². The molecule has 3 N–H and O–H groups in total. The molecule has 2 aromatic heterocycles. The van der Waals surface area contributed by atoms with Crippen LogP contribution in [0.3, 0.4) is 0 Å². The highest BCUT2D eigenvalue weighted by Gasteiger charge is 2.18. The number of nitrogens with zero attached hydrogens (tertiary/aromatic N) is 2. The summed E-state index contributed by atoms with van der Waals surface area (Å²) in [7, 11) is 0. The summed E-state index contributed by atoms with van der Waals surface area (Å²) in [4.78, 5) is 14.0. The maximum Gasteiger partial charge on any atom is 0.261 e. The molecule has 0 bridgehead atoms. The van der Waals surface area contributed by atoms with Crippen LogP contribution in [-0.2, 0) is 6.54 Å². The minimum absolute atomic E-state index is 0. The van der Waals surface area contributed by atoms with E-state index in [1.165, 1.54) is 11.3 Å². The summed E-state index contributed by atoms with van der Waals surface area (Å²) < 4.78 is 1.93. The molecule has 5 nitrogen and oxygen atoms in total. The summed E-state index contributed by atoms with van der Waals surface area (Å²) in [5, 5.41) is 9.20. The van der Waals surface area contributed by atoms with Crippen molar-refractivity contribution in [2.75, 3.05) is 6.54 Å². The molecule has 0 spiro atoms. The molecule has 0 aliphatic carbocycles. The number of carbonyl (C=O) groups is 1. The van der Waals surface area contributed by atoms with Gasteiger partial charge in [0.2, 0.25) is 0 Å². The fourth-order valence-corrected chi connectivity index (χ4v) is 3.69. The average molecular weight is 413 g/mol. The molecule has 1 aromatic carbocycles. The molecule has 0 aliphatic heterocycles. The minimum Gasteiger partial charge on any atom is -0.350 e. The molecule has 26 heavy (non-hydrogen) atoms. The van der Waals surface area contributed by atoms with Gasteiger partial charge in [-0.1, -0.05) is 23.7 Å². The predicted molar refractivity (Wildman–Crippen MR) is 111 cm³/mol. The zero-order valence-corrected chi connectivity index (χ0v) is 17.3. The third kappa shape index (κ3) is 4.76. The molecule has 0 radical (unpaired) electrons. The Morgan fingerprint density at radius 2 is 2.00 bits per heavy atom. The highest BCUT2D eigenvalue weighted by Crippen LogP contribution is 2.29. The summed E-state index contributed by atoms with van der Waals surface area (Å²) in [6, 6.07) is 9.60. The van der Waals surface area contributed by atoms with E-state index in [4.69, 9.17) is 17.3 Å². The summed E-state index contributed by atoms with van der Waals surface area (Å²) in [6.07, 6.45) is 0. The van der Waals surface area contributed by atoms with Gasteiger partial charge in [0.05, 0.1) is 17.1 Å². The van der Waals surface area contributed by atoms with Gasteiger partial charge < -0.3 is 11.1 Å². The third-order valence-electron chi connectivity index (χ3n) is 3.78. The van der Waals surface area contributed by atoms with Crippen molar-refractivity contribution in [3.63, 3.8) is 0 Å². The standard InChI is InChI=1S/C18H21ClN4OS.ClH/c1-11-14-8-15(16(24)21-10-18(2,3)20)25-17(14)23(22-11)9-12-4-6-13(19)7-5-12;/h4-8H,9-10,20H2,1-3H3,(H,21,24);1H. The number of hydrogen-bond acceptors (Lipinski definition) is 4. The van der Waals surface area contributed by atoms with E-state index in [1.807, 2.05) is 55.8 Å². The molecule has 3 rings (SSSR count). The first-order valence-corrected chi connectivity index (χ1v) is 9.21. The monoisotopic (exact) mass is 412 g/mol. The number of thiophene rings is 1. The van der Waals surface area contributed by atoms with E-state index in [2.05, 4.69) is 10.4 Å². The van der Waals surface area contributed by atoms with E-state index in [0.717, 1.165) is 21.5 Å². The van der Waals surface area contributed by atoms with Gasteiger partial charge in [0.25, 0.3) is 5.91 Å². The largest absolute Gasteiger partial charge is 0.350 e. The Hall–Kier alpha value is -1.60. The summed E-state index contributed by atoms with van der Waals surface area (Å²) in [5.41, 5.74) is 7.51. The Bertz CT molecular complexity index is 910. The van der Waals surface area contributed by atoms with Crippen molar-refractivity contribution < 1.29 is 4.79 Å². The predicted octanol–water partition coefficient (Wildman–Crippen LogP) is 4.00. The van der Waals surface area contributed by atoms with Crippen LogP contribution in [0, 0.1) is 6.92 Å². The lowest BCUT2D eigenvalue weighted by molar-refractivity contribution is 0.0950. The Kier molecular flexibility index (Phi) is 6.34. The van der Waals surface area contributed by atoms with Crippen molar-refractivity contribution in [1.82, 2.24) is 15.1 Å². The Morgan fingerprint density at radius 3 is 2.62 bits per heavy atom. The van der Waals surface area contributed by atoms with Crippen molar-refractivity contribution in [2.24, 2.45) is 5.73 Å². The Balaban J connectivity index is 0.00000243. The maximum absolute atomic E-state index is 12.4. The number of rotatable bonds is 5. The van der Waals surface area contributed by atoms with Crippen molar-refractivity contribution in [2.45, 2.75) is 32.9 Å². The number of carbonyl (C=O) groups excluding carboxylic acids is 1. The van der Waals surface area contributed by atoms with E-state index >= 15 is 0 Å². The van der Waals surface area contributed by atoms with E-state index < -0.39 is 5.54 Å². The van der Waals surface area contributed by atoms with Crippen LogP contribution in [0.25, 0.3) is 10.2 Å². The number of halogens is 2. The summed E-state index contributed by atoms with van der Waals surface area (Å²) >= 11 is 7.39. The van der Waals surface area contributed by atoms with E-state index in [1.54, 1.807) is 0 Å². The van der Waals surface area contributed by atoms with Gasteiger partial charge in [-0.05, 0) is 44.5 Å². The zero-order valence-electron chi connectivity index (χ0n) is 14.9. The molecule has 8 heteroatoms. The normalized spacial score (nSPS) is 11.4. The fourth-order valence-electron chi connectivity index (χ4n) is 2.49. The number of benzene rings is 1. The lowest BCUT2D eigenvalue weighted by Crippen LogP contribution is -2.44. The average Bonchev–Trinajstić information content (AvgIpc) is 3.09. The topological polar surface area (TPSA) is 72.9 Å². The van der Waals surface area contributed by atoms with Crippen LogP contribution in [0.4, 0.5) is 0 Å². The van der Waals surface area contributed by atoms with Crippen molar-refractivity contribution in [1.29, 1.82) is 0 Å². The van der Waals surface area contributed by atoms with Crippen LogP contribution in [0.1, 0.15) is 34.8 Å². The molecule has 2 heterocycles. The highest BCUT2D eigenvalue weighted by atomic mass is 35.5. The van der Waals surface area contributed by atoms with Gasteiger partial charge >= 0.3 is 0 Å². The van der Waals surface area contributed by atoms with Gasteiger partial charge in [-0.25, -0.2) is 0 Å². The summed E-state index contributed by atoms with van der Waals surface area (Å²) in [5.74, 6) is -0.0998. The van der Waals surface area contributed by atoms with Crippen LogP contribution in [0.15, 0.2) is 30.3 Å². The minimum atomic E-state index is -0.437. The van der Waals surface area contributed by atoms with Gasteiger partial charge in [-0.2, -0.15) is 5.10 Å². The Labute approximate surface area is 167 Å². The number of amides is 1. The van der Waals surface area contributed by atoms with Crippen molar-refractivity contribution in [3.05, 3.63) is 51.5 Å². The summed E-state index contributed by atoms with van der Waals surface area (Å²) in [6.45, 7) is 6.78. The fraction of sp³-hybridized carbons (Fsp3) is 0.333. The first-order chi connectivity index (χ1) is 11.7. The molecular weight excluding hydrogens is 391 g/mol. The Morgan fingerprint density at radius 1 is 1.35 bits per heavy atom. The van der Waals surface area contributed by atoms with E-state index in [9.17, 15) is 4.79 Å². The molecule has 0 aliphatic rings.